The number of carbonyl (C=O) groups is 2. The van der Waals surface area contributed by atoms with Crippen LogP contribution in [-0.2, 0) is 16.1 Å². The monoisotopic (exact) mass is 534 g/mol. The Bertz CT molecular complexity index is 1450. The lowest BCUT2D eigenvalue weighted by Gasteiger charge is -2.20. The maximum Gasteiger partial charge on any atom is 0.348 e. The zero-order chi connectivity index (χ0) is 27.6. The van der Waals surface area contributed by atoms with Gasteiger partial charge in [-0.2, -0.15) is 0 Å². The van der Waals surface area contributed by atoms with Crippen LogP contribution in [0.2, 0.25) is 0 Å². The molecule has 3 rings (SSSR count). The first-order chi connectivity index (χ1) is 17.4. The smallest absolute Gasteiger partial charge is 0.348 e. The fourth-order valence-corrected chi connectivity index (χ4v) is 5.41. The second-order valence-electron chi connectivity index (χ2n) is 9.17. The Kier molecular flexibility index (Phi) is 8.70. The van der Waals surface area contributed by atoms with Crippen LogP contribution in [0.4, 0.5) is 4.39 Å². The van der Waals surface area contributed by atoms with Gasteiger partial charge in [-0.25, -0.2) is 18.5 Å². The summed E-state index contributed by atoms with van der Waals surface area (Å²) in [6.07, 6.45) is -1.25. The number of thiophene rings is 1. The van der Waals surface area contributed by atoms with E-state index in [-0.39, 0.29) is 57.7 Å². The Morgan fingerprint density at radius 1 is 1.19 bits per heavy atom. The van der Waals surface area contributed by atoms with Crippen LogP contribution in [0.15, 0.2) is 27.8 Å². The normalized spacial score (nSPS) is 13.1. The fourth-order valence-electron chi connectivity index (χ4n) is 4.21. The summed E-state index contributed by atoms with van der Waals surface area (Å²) in [5.74, 6) is -1.34. The van der Waals surface area contributed by atoms with Gasteiger partial charge in [0.05, 0.1) is 31.7 Å². The molecule has 0 aliphatic rings. The molecule has 3 aromatic rings. The van der Waals surface area contributed by atoms with Gasteiger partial charge in [-0.15, -0.1) is 11.3 Å². The van der Waals surface area contributed by atoms with E-state index in [1.165, 1.54) is 26.2 Å². The summed E-state index contributed by atoms with van der Waals surface area (Å²) in [4.78, 5) is 53.0. The molecule has 9 nitrogen and oxygen atoms in total. The molecule has 1 N–H and O–H groups in total. The molecule has 0 amide bonds. The van der Waals surface area contributed by atoms with Gasteiger partial charge in [0.2, 0.25) is 0 Å². The van der Waals surface area contributed by atoms with E-state index in [4.69, 9.17) is 9.47 Å². The molecule has 0 spiro atoms. The molecule has 0 saturated heterocycles. The van der Waals surface area contributed by atoms with Crippen molar-refractivity contribution in [2.24, 2.45) is 5.92 Å². The number of methoxy groups -OCH3 is 1. The van der Waals surface area contributed by atoms with E-state index in [0.29, 0.717) is 5.56 Å². The highest BCUT2D eigenvalue weighted by molar-refractivity contribution is 7.20. The molecule has 0 aliphatic heterocycles. The van der Waals surface area contributed by atoms with Crippen molar-refractivity contribution >= 4 is 33.3 Å². The Hall–Kier alpha value is -3.31. The van der Waals surface area contributed by atoms with E-state index in [1.54, 1.807) is 13.8 Å². The average molecular weight is 535 g/mol. The molecule has 0 radical (unpaired) electrons. The van der Waals surface area contributed by atoms with Crippen molar-refractivity contribution in [3.05, 3.63) is 60.9 Å². The number of ether oxygens (including phenoxy) is 2. The summed E-state index contributed by atoms with van der Waals surface area (Å²) >= 11 is 0.890. The van der Waals surface area contributed by atoms with E-state index in [9.17, 15) is 28.7 Å². The SMILES string of the molecule is CCOC(=O)c1sc2c(c1C)c(=O)n([C@H](C)C(=O)CC(C)C)c(=O)n2C[C@H](O)c1cc(F)ccc1OC. The highest BCUT2D eigenvalue weighted by atomic mass is 32.1. The molecule has 2 atom stereocenters. The summed E-state index contributed by atoms with van der Waals surface area (Å²) in [6.45, 7) is 8.12. The zero-order valence-electron chi connectivity index (χ0n) is 21.7. The predicted molar refractivity (Wildman–Crippen MR) is 138 cm³/mol. The van der Waals surface area contributed by atoms with Crippen LogP contribution in [0.1, 0.15) is 67.1 Å². The van der Waals surface area contributed by atoms with Crippen LogP contribution in [0.25, 0.3) is 10.2 Å². The van der Waals surface area contributed by atoms with Crippen molar-refractivity contribution in [3.63, 3.8) is 0 Å². The number of fused-ring (bicyclic) bond motifs is 1. The van der Waals surface area contributed by atoms with Gasteiger partial charge in [0, 0.05) is 12.0 Å². The molecule has 0 aliphatic carbocycles. The summed E-state index contributed by atoms with van der Waals surface area (Å²) in [6, 6.07) is 2.55. The number of hydrogen-bond acceptors (Lipinski definition) is 8. The fraction of sp³-hybridized carbons (Fsp3) is 0.462. The highest BCUT2D eigenvalue weighted by Crippen LogP contribution is 2.32. The number of aliphatic hydroxyl groups is 1. The summed E-state index contributed by atoms with van der Waals surface area (Å²) < 4.78 is 26.3. The number of esters is 1. The number of aryl methyl sites for hydroxylation is 1. The lowest BCUT2D eigenvalue weighted by Crippen LogP contribution is -2.44. The second kappa shape index (κ2) is 11.4. The van der Waals surface area contributed by atoms with Crippen molar-refractivity contribution in [2.75, 3.05) is 13.7 Å². The molecule has 200 valence electrons. The molecule has 2 aromatic heterocycles. The minimum atomic E-state index is -1.41. The number of carbonyl (C=O) groups excluding carboxylic acids is 2. The molecule has 0 bridgehead atoms. The number of Topliss-reactive ketones (excluding diaryl/α,β-unsaturated/α-hetero) is 1. The molecular weight excluding hydrogens is 503 g/mol. The first-order valence-electron chi connectivity index (χ1n) is 11.9. The standard InChI is InChI=1S/C26H31FN2O7S/c1-7-36-25(33)22-14(4)21-23(32)29(15(5)18(30)10-13(2)3)26(34)28(24(21)37-22)12-19(31)17-11-16(27)8-9-20(17)35-6/h8-9,11,13,15,19,31H,7,10,12H2,1-6H3/t15-,19+/m1/s1. The van der Waals surface area contributed by atoms with E-state index in [0.717, 1.165) is 26.5 Å². The third kappa shape index (κ3) is 5.52. The van der Waals surface area contributed by atoms with E-state index in [2.05, 4.69) is 0 Å². The van der Waals surface area contributed by atoms with Crippen LogP contribution in [0.5, 0.6) is 5.75 Å². The number of ketones is 1. The molecule has 1 aromatic carbocycles. The molecule has 11 heteroatoms. The van der Waals surface area contributed by atoms with Gasteiger partial charge < -0.3 is 14.6 Å². The number of aromatic nitrogens is 2. The number of halogens is 1. The third-order valence-electron chi connectivity index (χ3n) is 6.07. The largest absolute Gasteiger partial charge is 0.496 e. The lowest BCUT2D eigenvalue weighted by molar-refractivity contribution is -0.122. The van der Waals surface area contributed by atoms with E-state index >= 15 is 0 Å². The van der Waals surface area contributed by atoms with E-state index in [1.807, 2.05) is 13.8 Å². The van der Waals surface area contributed by atoms with Gasteiger partial charge in [-0.1, -0.05) is 13.8 Å². The quantitative estimate of drug-likeness (QED) is 0.394. The molecule has 37 heavy (non-hydrogen) atoms. The maximum absolute atomic E-state index is 14.0. The average Bonchev–Trinajstić information content (AvgIpc) is 3.18. The first kappa shape index (κ1) is 28.3. The van der Waals surface area contributed by atoms with Gasteiger partial charge in [-0.05, 0) is 50.5 Å². The Labute approximate surface area is 217 Å². The molecule has 0 fully saturated rings. The van der Waals surface area contributed by atoms with Gasteiger partial charge in [0.1, 0.15) is 27.4 Å². The highest BCUT2D eigenvalue weighted by Gasteiger charge is 2.29. The molecule has 0 unspecified atom stereocenters. The van der Waals surface area contributed by atoms with Crippen molar-refractivity contribution < 1.29 is 28.6 Å². The van der Waals surface area contributed by atoms with Crippen LogP contribution in [0, 0.1) is 18.7 Å². The number of nitrogens with zero attached hydrogens (tertiary/aromatic N) is 2. The van der Waals surface area contributed by atoms with Gasteiger partial charge in [0.15, 0.2) is 5.78 Å². The molecule has 0 saturated carbocycles. The van der Waals surface area contributed by atoms with Crippen molar-refractivity contribution in [3.8, 4) is 5.75 Å². The lowest BCUT2D eigenvalue weighted by atomic mass is 10.0. The van der Waals surface area contributed by atoms with Crippen LogP contribution in [-0.4, -0.2) is 39.7 Å². The molecule has 2 heterocycles. The van der Waals surface area contributed by atoms with Crippen LogP contribution >= 0.6 is 11.3 Å². The maximum atomic E-state index is 14.0. The Balaban J connectivity index is 2.30. The van der Waals surface area contributed by atoms with Gasteiger partial charge >= 0.3 is 11.7 Å². The number of hydrogen-bond donors (Lipinski definition) is 1. The summed E-state index contributed by atoms with van der Waals surface area (Å²) in [7, 11) is 1.37. The van der Waals surface area contributed by atoms with E-state index < -0.39 is 35.2 Å². The number of benzene rings is 1. The number of rotatable bonds is 10. The predicted octanol–water partition coefficient (Wildman–Crippen LogP) is 3.77. The summed E-state index contributed by atoms with van der Waals surface area (Å²) in [5, 5.41) is 11.1. The van der Waals surface area contributed by atoms with Gasteiger partial charge in [-0.3, -0.25) is 14.2 Å². The second-order valence-corrected chi connectivity index (χ2v) is 10.2. The minimum absolute atomic E-state index is 0.0113. The van der Waals surface area contributed by atoms with Crippen molar-refractivity contribution in [1.82, 2.24) is 9.13 Å². The third-order valence-corrected chi connectivity index (χ3v) is 7.37. The van der Waals surface area contributed by atoms with Crippen molar-refractivity contribution in [1.29, 1.82) is 0 Å². The zero-order valence-corrected chi connectivity index (χ0v) is 22.5. The van der Waals surface area contributed by atoms with Gasteiger partial charge in [0.25, 0.3) is 5.56 Å². The number of aliphatic hydroxyl groups excluding tert-OH is 1. The summed E-state index contributed by atoms with van der Waals surface area (Å²) in [5.41, 5.74) is -1.12. The Morgan fingerprint density at radius 3 is 2.46 bits per heavy atom. The Morgan fingerprint density at radius 2 is 1.86 bits per heavy atom. The van der Waals surface area contributed by atoms with Crippen molar-refractivity contribution in [2.45, 2.75) is 59.7 Å². The minimum Gasteiger partial charge on any atom is -0.496 e. The topological polar surface area (TPSA) is 117 Å². The first-order valence-corrected chi connectivity index (χ1v) is 12.7. The van der Waals surface area contributed by atoms with Crippen LogP contribution < -0.4 is 16.0 Å². The molecular formula is C26H31FN2O7S. The van der Waals surface area contributed by atoms with Crippen LogP contribution in [0.3, 0.4) is 0 Å².